The van der Waals surface area contributed by atoms with Crippen molar-refractivity contribution in [2.45, 2.75) is 12.8 Å². The van der Waals surface area contributed by atoms with E-state index in [1.54, 1.807) is 25.3 Å². The van der Waals surface area contributed by atoms with Crippen LogP contribution < -0.4 is 9.47 Å². The molecule has 2 rings (SSSR count). The van der Waals surface area contributed by atoms with Gasteiger partial charge in [-0.25, -0.2) is 0 Å². The van der Waals surface area contributed by atoms with Crippen molar-refractivity contribution in [1.29, 1.82) is 0 Å². The molecule has 0 bridgehead atoms. The van der Waals surface area contributed by atoms with Crippen molar-refractivity contribution in [2.75, 3.05) is 27.4 Å². The van der Waals surface area contributed by atoms with Gasteiger partial charge in [-0.15, -0.1) is 0 Å². The van der Waals surface area contributed by atoms with E-state index in [1.807, 2.05) is 18.2 Å². The van der Waals surface area contributed by atoms with Gasteiger partial charge in [-0.1, -0.05) is 0 Å². The van der Waals surface area contributed by atoms with E-state index in [1.165, 1.54) is 0 Å². The zero-order chi connectivity index (χ0) is 14.5. The van der Waals surface area contributed by atoms with E-state index in [0.717, 1.165) is 11.1 Å². The van der Waals surface area contributed by atoms with Crippen LogP contribution in [0, 0.1) is 0 Å². The molecule has 0 saturated carbocycles. The lowest BCUT2D eigenvalue weighted by atomic mass is 10.0. The molecule has 1 aliphatic rings. The maximum absolute atomic E-state index is 12.2. The molecule has 0 aliphatic carbocycles. The fourth-order valence-corrected chi connectivity index (χ4v) is 2.20. The van der Waals surface area contributed by atoms with Crippen LogP contribution in [0.4, 0.5) is 0 Å². The Kier molecular flexibility index (Phi) is 4.63. The third-order valence-corrected chi connectivity index (χ3v) is 3.30. The van der Waals surface area contributed by atoms with Crippen molar-refractivity contribution in [3.05, 3.63) is 29.5 Å². The zero-order valence-electron chi connectivity index (χ0n) is 11.8. The molecule has 1 aromatic carbocycles. The Morgan fingerprint density at radius 1 is 1.25 bits per heavy atom. The van der Waals surface area contributed by atoms with Gasteiger partial charge in [-0.2, -0.15) is 0 Å². The molecule has 0 fully saturated rings. The molecule has 1 heterocycles. The highest BCUT2D eigenvalue weighted by Crippen LogP contribution is 2.32. The van der Waals surface area contributed by atoms with Gasteiger partial charge in [-0.05, 0) is 35.8 Å². The highest BCUT2D eigenvalue weighted by molar-refractivity contribution is 5.84. The van der Waals surface area contributed by atoms with Crippen LogP contribution in [-0.4, -0.2) is 43.3 Å². The van der Waals surface area contributed by atoms with Crippen molar-refractivity contribution in [3.8, 4) is 11.5 Å². The van der Waals surface area contributed by atoms with Gasteiger partial charge >= 0.3 is 0 Å². The topological polar surface area (TPSA) is 59.0 Å². The molecule has 108 valence electrons. The Bertz CT molecular complexity index is 525. The number of fused-ring (bicyclic) bond motifs is 1. The second kappa shape index (κ2) is 6.43. The number of aliphatic hydroxyl groups is 1. The number of carbonyl (C=O) groups excluding carboxylic acids is 1. The van der Waals surface area contributed by atoms with Gasteiger partial charge in [0.1, 0.15) is 0 Å². The Morgan fingerprint density at radius 2 is 1.95 bits per heavy atom. The summed E-state index contributed by atoms with van der Waals surface area (Å²) in [5, 5.41) is 8.87. The Balaban J connectivity index is 2.31. The van der Waals surface area contributed by atoms with Gasteiger partial charge in [0.25, 0.3) is 0 Å². The quantitative estimate of drug-likeness (QED) is 0.885. The standard InChI is InChI=1S/C15H19NO4/c1-19-13-8-11-4-6-16(5-3-7-17)15(18)10-12(11)9-14(13)20-2/h4,6,8-9,17H,3,5,7,10H2,1-2H3. The van der Waals surface area contributed by atoms with Crippen LogP contribution in [0.5, 0.6) is 11.5 Å². The summed E-state index contributed by atoms with van der Waals surface area (Å²) in [5.41, 5.74) is 1.86. The lowest BCUT2D eigenvalue weighted by molar-refractivity contribution is -0.127. The number of aliphatic hydroxyl groups excluding tert-OH is 1. The smallest absolute Gasteiger partial charge is 0.230 e. The Labute approximate surface area is 118 Å². The number of nitrogens with zero attached hydrogens (tertiary/aromatic N) is 1. The molecular formula is C15H19NO4. The first-order valence-electron chi connectivity index (χ1n) is 6.53. The first kappa shape index (κ1) is 14.4. The highest BCUT2D eigenvalue weighted by Gasteiger charge is 2.19. The van der Waals surface area contributed by atoms with Crippen molar-refractivity contribution >= 4 is 12.0 Å². The molecule has 0 radical (unpaired) electrons. The van der Waals surface area contributed by atoms with Crippen molar-refractivity contribution in [2.24, 2.45) is 0 Å². The van der Waals surface area contributed by atoms with Crippen LogP contribution in [0.2, 0.25) is 0 Å². The molecule has 1 aromatic rings. The van der Waals surface area contributed by atoms with Crippen LogP contribution in [0.15, 0.2) is 18.3 Å². The molecule has 5 nitrogen and oxygen atoms in total. The SMILES string of the molecule is COc1cc2c(cc1OC)CC(=O)N(CCCO)C=C2. The fraction of sp³-hybridized carbons (Fsp3) is 0.400. The predicted octanol–water partition coefficient (Wildman–Crippen LogP) is 1.44. The minimum absolute atomic E-state index is 0.0145. The van der Waals surface area contributed by atoms with Crippen molar-refractivity contribution in [1.82, 2.24) is 4.90 Å². The lowest BCUT2D eigenvalue weighted by Gasteiger charge is -2.16. The second-order valence-electron chi connectivity index (χ2n) is 4.56. The summed E-state index contributed by atoms with van der Waals surface area (Å²) in [4.78, 5) is 13.8. The molecule has 20 heavy (non-hydrogen) atoms. The normalized spacial score (nSPS) is 13.9. The third-order valence-electron chi connectivity index (χ3n) is 3.30. The summed E-state index contributed by atoms with van der Waals surface area (Å²) < 4.78 is 10.5. The Hall–Kier alpha value is -2.01. The van der Waals surface area contributed by atoms with E-state index in [2.05, 4.69) is 0 Å². The first-order valence-corrected chi connectivity index (χ1v) is 6.53. The van der Waals surface area contributed by atoms with E-state index < -0.39 is 0 Å². The molecule has 1 aliphatic heterocycles. The fourth-order valence-electron chi connectivity index (χ4n) is 2.20. The number of benzene rings is 1. The summed E-state index contributed by atoms with van der Waals surface area (Å²) in [7, 11) is 3.16. The minimum Gasteiger partial charge on any atom is -0.493 e. The third kappa shape index (κ3) is 2.93. The number of amides is 1. The van der Waals surface area contributed by atoms with Gasteiger partial charge in [-0.3, -0.25) is 4.79 Å². The molecule has 1 amide bonds. The van der Waals surface area contributed by atoms with E-state index in [0.29, 0.717) is 30.9 Å². The average Bonchev–Trinajstić information content (AvgIpc) is 2.61. The van der Waals surface area contributed by atoms with E-state index in [-0.39, 0.29) is 12.5 Å². The molecule has 0 saturated heterocycles. The number of ether oxygens (including phenoxy) is 2. The van der Waals surface area contributed by atoms with E-state index in [9.17, 15) is 4.79 Å². The van der Waals surface area contributed by atoms with Crippen LogP contribution in [0.3, 0.4) is 0 Å². The molecule has 0 spiro atoms. The summed E-state index contributed by atoms with van der Waals surface area (Å²) in [6.07, 6.45) is 4.53. The van der Waals surface area contributed by atoms with Crippen LogP contribution in [0.25, 0.3) is 6.08 Å². The molecule has 5 heteroatoms. The summed E-state index contributed by atoms with van der Waals surface area (Å²) >= 11 is 0. The second-order valence-corrected chi connectivity index (χ2v) is 4.56. The molecule has 1 N–H and O–H groups in total. The predicted molar refractivity (Wildman–Crippen MR) is 75.7 cm³/mol. The van der Waals surface area contributed by atoms with Gasteiger partial charge < -0.3 is 19.5 Å². The highest BCUT2D eigenvalue weighted by atomic mass is 16.5. The number of rotatable bonds is 5. The van der Waals surface area contributed by atoms with Crippen LogP contribution in [-0.2, 0) is 11.2 Å². The zero-order valence-corrected chi connectivity index (χ0v) is 11.8. The van der Waals surface area contributed by atoms with Gasteiger partial charge in [0.15, 0.2) is 11.5 Å². The average molecular weight is 277 g/mol. The van der Waals surface area contributed by atoms with Crippen molar-refractivity contribution < 1.29 is 19.4 Å². The number of hydrogen-bond donors (Lipinski definition) is 1. The van der Waals surface area contributed by atoms with E-state index >= 15 is 0 Å². The minimum atomic E-state index is 0.0145. The van der Waals surface area contributed by atoms with Gasteiger partial charge in [0, 0.05) is 19.4 Å². The lowest BCUT2D eigenvalue weighted by Crippen LogP contribution is -2.27. The van der Waals surface area contributed by atoms with Crippen molar-refractivity contribution in [3.63, 3.8) is 0 Å². The monoisotopic (exact) mass is 277 g/mol. The summed E-state index contributed by atoms with van der Waals surface area (Å²) in [6.45, 7) is 0.598. The van der Waals surface area contributed by atoms with E-state index in [4.69, 9.17) is 14.6 Å². The molecule has 0 aromatic heterocycles. The van der Waals surface area contributed by atoms with Crippen LogP contribution in [0.1, 0.15) is 17.5 Å². The number of methoxy groups -OCH3 is 2. The Morgan fingerprint density at radius 3 is 2.60 bits per heavy atom. The van der Waals surface area contributed by atoms with Crippen LogP contribution >= 0.6 is 0 Å². The van der Waals surface area contributed by atoms with Gasteiger partial charge in [0.2, 0.25) is 5.91 Å². The number of carbonyl (C=O) groups is 1. The molecule has 0 atom stereocenters. The number of hydrogen-bond acceptors (Lipinski definition) is 4. The largest absolute Gasteiger partial charge is 0.493 e. The molecular weight excluding hydrogens is 258 g/mol. The summed E-state index contributed by atoms with van der Waals surface area (Å²) in [5.74, 6) is 1.28. The molecule has 0 unspecified atom stereocenters. The van der Waals surface area contributed by atoms with Gasteiger partial charge in [0.05, 0.1) is 20.6 Å². The summed E-state index contributed by atoms with van der Waals surface area (Å²) in [6, 6.07) is 3.71. The maximum atomic E-state index is 12.2. The maximum Gasteiger partial charge on any atom is 0.230 e. The first-order chi connectivity index (χ1) is 9.69.